The van der Waals surface area contributed by atoms with Gasteiger partial charge in [0, 0.05) is 42.8 Å². The summed E-state index contributed by atoms with van der Waals surface area (Å²) >= 11 is 1.32. The Morgan fingerprint density at radius 1 is 1.21 bits per heavy atom. The van der Waals surface area contributed by atoms with Crippen molar-refractivity contribution in [1.29, 1.82) is 0 Å². The van der Waals surface area contributed by atoms with Crippen molar-refractivity contribution in [2.24, 2.45) is 7.05 Å². The minimum Gasteiger partial charge on any atom is -0.351 e. The topological polar surface area (TPSA) is 81.7 Å². The number of nitrogens with zero attached hydrogens (tertiary/aromatic N) is 7. The van der Waals surface area contributed by atoms with Crippen molar-refractivity contribution in [2.45, 2.75) is 26.4 Å². The fraction of sp³-hybridized carbons (Fsp3) is 0.316. The Kier molecular flexibility index (Phi) is 3.80. The van der Waals surface area contributed by atoms with Gasteiger partial charge in [-0.15, -0.1) is 10.2 Å². The molecule has 3 aromatic heterocycles. The van der Waals surface area contributed by atoms with E-state index in [4.69, 9.17) is 0 Å². The van der Waals surface area contributed by atoms with Gasteiger partial charge in [0.25, 0.3) is 5.91 Å². The van der Waals surface area contributed by atoms with Gasteiger partial charge in [0.05, 0.1) is 6.04 Å². The van der Waals surface area contributed by atoms with Gasteiger partial charge in [-0.3, -0.25) is 4.79 Å². The minimum absolute atomic E-state index is 0.0146. The molecule has 142 valence electrons. The second kappa shape index (κ2) is 6.23. The maximum Gasteiger partial charge on any atom is 0.254 e. The molecule has 0 radical (unpaired) electrons. The number of fused-ring (bicyclic) bond motifs is 2. The number of benzene rings is 1. The van der Waals surface area contributed by atoms with Crippen molar-refractivity contribution in [3.05, 3.63) is 47.7 Å². The number of aromatic nitrogens is 6. The average molecular weight is 393 g/mol. The zero-order valence-electron chi connectivity index (χ0n) is 15.8. The highest BCUT2D eigenvalue weighted by atomic mass is 32.1. The van der Waals surface area contributed by atoms with E-state index < -0.39 is 0 Å². The van der Waals surface area contributed by atoms with Crippen LogP contribution < -0.4 is 0 Å². The van der Waals surface area contributed by atoms with Gasteiger partial charge >= 0.3 is 0 Å². The van der Waals surface area contributed by atoms with Crippen LogP contribution in [-0.4, -0.2) is 46.0 Å². The van der Waals surface area contributed by atoms with E-state index in [1.54, 1.807) is 0 Å². The van der Waals surface area contributed by atoms with Gasteiger partial charge in [0.1, 0.15) is 5.82 Å². The Morgan fingerprint density at radius 3 is 2.86 bits per heavy atom. The summed E-state index contributed by atoms with van der Waals surface area (Å²) < 4.78 is 8.33. The van der Waals surface area contributed by atoms with Crippen LogP contribution in [0.25, 0.3) is 21.7 Å². The highest BCUT2D eigenvalue weighted by Gasteiger charge is 2.32. The number of carbonyl (C=O) groups excluding carboxylic acids is 1. The first kappa shape index (κ1) is 17.1. The molecule has 0 unspecified atom stereocenters. The molecule has 4 heterocycles. The van der Waals surface area contributed by atoms with Crippen LogP contribution in [0.2, 0.25) is 0 Å². The third kappa shape index (κ3) is 2.54. The SMILES string of the molecule is Cc1nsc(-c2nnc3n2CCN(C(=O)c2ccc4c(ccn4C)c2)[C@@H]3C)n1. The van der Waals surface area contributed by atoms with E-state index in [1.165, 1.54) is 11.5 Å². The lowest BCUT2D eigenvalue weighted by Gasteiger charge is -2.33. The van der Waals surface area contributed by atoms with E-state index in [9.17, 15) is 4.79 Å². The molecule has 1 atom stereocenters. The zero-order chi connectivity index (χ0) is 19.4. The molecule has 5 rings (SSSR count). The molecule has 0 saturated carbocycles. The smallest absolute Gasteiger partial charge is 0.254 e. The van der Waals surface area contributed by atoms with Crippen LogP contribution in [0, 0.1) is 6.92 Å². The van der Waals surface area contributed by atoms with Crippen LogP contribution in [0.15, 0.2) is 30.5 Å². The number of hydrogen-bond acceptors (Lipinski definition) is 6. The number of rotatable bonds is 2. The summed E-state index contributed by atoms with van der Waals surface area (Å²) in [6.07, 6.45) is 2.00. The van der Waals surface area contributed by atoms with E-state index in [0.717, 1.165) is 33.4 Å². The van der Waals surface area contributed by atoms with Gasteiger partial charge < -0.3 is 14.0 Å². The Labute approximate surface area is 165 Å². The molecule has 4 aromatic rings. The van der Waals surface area contributed by atoms with Gasteiger partial charge in [-0.1, -0.05) is 0 Å². The fourth-order valence-corrected chi connectivity index (χ4v) is 4.45. The molecule has 0 saturated heterocycles. The largest absolute Gasteiger partial charge is 0.351 e. The normalized spacial score (nSPS) is 16.5. The third-order valence-electron chi connectivity index (χ3n) is 5.30. The van der Waals surface area contributed by atoms with Gasteiger partial charge in [-0.05, 0) is 49.6 Å². The standard InChI is InChI=1S/C19H19N7OS/c1-11-16-21-22-17(18-20-12(2)23-28-18)26(16)9-8-25(11)19(27)14-4-5-15-13(10-14)6-7-24(15)3/h4-7,10-11H,8-9H2,1-3H3/t11-/m1/s1. The monoisotopic (exact) mass is 393 g/mol. The summed E-state index contributed by atoms with van der Waals surface area (Å²) in [5.41, 5.74) is 1.80. The maximum absolute atomic E-state index is 13.2. The van der Waals surface area contributed by atoms with Gasteiger partial charge in [-0.2, -0.15) is 4.37 Å². The summed E-state index contributed by atoms with van der Waals surface area (Å²) in [5.74, 6) is 2.25. The number of aryl methyl sites for hydroxylation is 2. The van der Waals surface area contributed by atoms with Crippen molar-refractivity contribution in [2.75, 3.05) is 6.54 Å². The lowest BCUT2D eigenvalue weighted by atomic mass is 10.1. The Hall–Kier alpha value is -3.07. The average Bonchev–Trinajstić information content (AvgIpc) is 3.40. The molecular weight excluding hydrogens is 374 g/mol. The van der Waals surface area contributed by atoms with Crippen LogP contribution >= 0.6 is 11.5 Å². The van der Waals surface area contributed by atoms with E-state index in [2.05, 4.69) is 24.1 Å². The summed E-state index contributed by atoms with van der Waals surface area (Å²) in [5, 5.41) is 10.5. The Bertz CT molecular complexity index is 1200. The molecule has 28 heavy (non-hydrogen) atoms. The summed E-state index contributed by atoms with van der Waals surface area (Å²) in [7, 11) is 2.00. The second-order valence-electron chi connectivity index (χ2n) is 7.05. The quantitative estimate of drug-likeness (QED) is 0.523. The predicted molar refractivity (Wildman–Crippen MR) is 106 cm³/mol. The lowest BCUT2D eigenvalue weighted by Crippen LogP contribution is -2.41. The van der Waals surface area contributed by atoms with Crippen LogP contribution in [0.4, 0.5) is 0 Å². The number of amides is 1. The molecule has 0 N–H and O–H groups in total. The second-order valence-corrected chi connectivity index (χ2v) is 7.81. The summed E-state index contributed by atoms with van der Waals surface area (Å²) in [4.78, 5) is 19.5. The Morgan fingerprint density at radius 2 is 2.07 bits per heavy atom. The molecule has 0 aliphatic carbocycles. The molecule has 1 amide bonds. The molecule has 0 spiro atoms. The van der Waals surface area contributed by atoms with Gasteiger partial charge in [-0.25, -0.2) is 4.98 Å². The fourth-order valence-electron chi connectivity index (χ4n) is 3.79. The molecule has 1 aliphatic rings. The first-order valence-electron chi connectivity index (χ1n) is 9.13. The molecular formula is C19H19N7OS. The van der Waals surface area contributed by atoms with Crippen molar-refractivity contribution in [1.82, 2.24) is 33.6 Å². The van der Waals surface area contributed by atoms with E-state index >= 15 is 0 Å². The van der Waals surface area contributed by atoms with Crippen LogP contribution in [-0.2, 0) is 13.6 Å². The molecule has 1 aromatic carbocycles. The number of carbonyl (C=O) groups is 1. The van der Waals surface area contributed by atoms with E-state index in [-0.39, 0.29) is 11.9 Å². The molecule has 1 aliphatic heterocycles. The van der Waals surface area contributed by atoms with Crippen molar-refractivity contribution in [3.8, 4) is 10.8 Å². The highest BCUT2D eigenvalue weighted by Crippen LogP contribution is 2.30. The maximum atomic E-state index is 13.2. The van der Waals surface area contributed by atoms with Crippen molar-refractivity contribution >= 4 is 28.3 Å². The van der Waals surface area contributed by atoms with E-state index in [1.807, 2.05) is 60.8 Å². The zero-order valence-corrected chi connectivity index (χ0v) is 16.6. The molecule has 8 nitrogen and oxygen atoms in total. The van der Waals surface area contributed by atoms with E-state index in [0.29, 0.717) is 18.7 Å². The van der Waals surface area contributed by atoms with Crippen molar-refractivity contribution in [3.63, 3.8) is 0 Å². The molecule has 9 heteroatoms. The summed E-state index contributed by atoms with van der Waals surface area (Å²) in [6, 6.07) is 7.71. The first-order valence-corrected chi connectivity index (χ1v) is 9.90. The van der Waals surface area contributed by atoms with Gasteiger partial charge in [0.15, 0.2) is 16.7 Å². The predicted octanol–water partition coefficient (Wildman–Crippen LogP) is 2.81. The van der Waals surface area contributed by atoms with Crippen LogP contribution in [0.5, 0.6) is 0 Å². The first-order chi connectivity index (χ1) is 13.5. The number of hydrogen-bond donors (Lipinski definition) is 0. The lowest BCUT2D eigenvalue weighted by molar-refractivity contribution is 0.0638. The highest BCUT2D eigenvalue weighted by molar-refractivity contribution is 7.09. The van der Waals surface area contributed by atoms with Crippen LogP contribution in [0.3, 0.4) is 0 Å². The minimum atomic E-state index is -0.164. The summed E-state index contributed by atoms with van der Waals surface area (Å²) in [6.45, 7) is 5.09. The molecule has 0 bridgehead atoms. The Balaban J connectivity index is 1.46. The van der Waals surface area contributed by atoms with Crippen LogP contribution in [0.1, 0.15) is 35.0 Å². The van der Waals surface area contributed by atoms with Crippen molar-refractivity contribution < 1.29 is 4.79 Å². The third-order valence-corrected chi connectivity index (χ3v) is 6.10. The molecule has 0 fully saturated rings. The van der Waals surface area contributed by atoms with Gasteiger partial charge in [0.2, 0.25) is 0 Å².